The predicted molar refractivity (Wildman–Crippen MR) is 97.8 cm³/mol. The van der Waals surface area contributed by atoms with Crippen molar-refractivity contribution >= 4 is 35.0 Å². The van der Waals surface area contributed by atoms with Crippen LogP contribution in [0.25, 0.3) is 0 Å². The molecule has 0 radical (unpaired) electrons. The standard InChI is InChI=1S/C18H18ClNO3S/c1-22-15-5-3-12(9-16(15)23-2)10-18(21)20-7-8-24-17-6-4-13(19)11-14(17)20/h3-6,9,11H,7-8,10H2,1-2H3. The summed E-state index contributed by atoms with van der Waals surface area (Å²) in [5.74, 6) is 2.21. The fourth-order valence-electron chi connectivity index (χ4n) is 2.71. The van der Waals surface area contributed by atoms with Crippen LogP contribution in [0.1, 0.15) is 5.56 Å². The number of amides is 1. The number of rotatable bonds is 4. The Balaban J connectivity index is 1.83. The fraction of sp³-hybridized carbons (Fsp3) is 0.278. The molecular weight excluding hydrogens is 346 g/mol. The molecule has 0 saturated heterocycles. The van der Waals surface area contributed by atoms with Gasteiger partial charge in [-0.3, -0.25) is 4.79 Å². The zero-order valence-corrected chi connectivity index (χ0v) is 15.1. The average Bonchev–Trinajstić information content (AvgIpc) is 2.60. The maximum atomic E-state index is 12.8. The highest BCUT2D eigenvalue weighted by Gasteiger charge is 2.23. The molecule has 3 rings (SSSR count). The summed E-state index contributed by atoms with van der Waals surface area (Å²) in [4.78, 5) is 15.7. The molecule has 0 atom stereocenters. The third-order valence-corrected chi connectivity index (χ3v) is 5.17. The second-order valence-corrected chi connectivity index (χ2v) is 6.95. The van der Waals surface area contributed by atoms with Crippen molar-refractivity contribution in [3.63, 3.8) is 0 Å². The lowest BCUT2D eigenvalue weighted by Crippen LogP contribution is -2.36. The van der Waals surface area contributed by atoms with Gasteiger partial charge in [0.05, 0.1) is 26.3 Å². The molecule has 0 fully saturated rings. The van der Waals surface area contributed by atoms with Gasteiger partial charge in [-0.2, -0.15) is 0 Å². The predicted octanol–water partition coefficient (Wildman–Crippen LogP) is 4.04. The molecule has 2 aromatic rings. The monoisotopic (exact) mass is 363 g/mol. The Labute approximate surface area is 150 Å². The highest BCUT2D eigenvalue weighted by atomic mass is 35.5. The summed E-state index contributed by atoms with van der Waals surface area (Å²) in [6.07, 6.45) is 0.303. The minimum atomic E-state index is 0.0473. The zero-order valence-electron chi connectivity index (χ0n) is 13.5. The van der Waals surface area contributed by atoms with Gasteiger partial charge >= 0.3 is 0 Å². The van der Waals surface area contributed by atoms with E-state index in [1.807, 2.05) is 41.3 Å². The molecule has 1 heterocycles. The largest absolute Gasteiger partial charge is 0.493 e. The van der Waals surface area contributed by atoms with Crippen molar-refractivity contribution in [3.05, 3.63) is 47.0 Å². The molecule has 0 bridgehead atoms. The molecule has 0 aliphatic carbocycles. The average molecular weight is 364 g/mol. The summed E-state index contributed by atoms with van der Waals surface area (Å²) in [5.41, 5.74) is 1.78. The summed E-state index contributed by atoms with van der Waals surface area (Å²) in [6.45, 7) is 0.685. The van der Waals surface area contributed by atoms with E-state index >= 15 is 0 Å². The van der Waals surface area contributed by atoms with E-state index < -0.39 is 0 Å². The first-order valence-corrected chi connectivity index (χ1v) is 8.92. The Hall–Kier alpha value is -1.85. The van der Waals surface area contributed by atoms with Gasteiger partial charge in [-0.05, 0) is 35.9 Å². The zero-order chi connectivity index (χ0) is 17.1. The summed E-state index contributed by atoms with van der Waals surface area (Å²) >= 11 is 7.85. The Kier molecular flexibility index (Phi) is 5.21. The van der Waals surface area contributed by atoms with Crippen molar-refractivity contribution in [2.45, 2.75) is 11.3 Å². The van der Waals surface area contributed by atoms with Crippen molar-refractivity contribution in [2.75, 3.05) is 31.4 Å². The lowest BCUT2D eigenvalue weighted by atomic mass is 10.1. The molecule has 1 amide bonds. The number of thioether (sulfide) groups is 1. The number of anilines is 1. The number of ether oxygens (including phenoxy) is 2. The second kappa shape index (κ2) is 7.36. The second-order valence-electron chi connectivity index (χ2n) is 5.37. The molecule has 1 aliphatic rings. The maximum Gasteiger partial charge on any atom is 0.231 e. The van der Waals surface area contributed by atoms with E-state index in [0.29, 0.717) is 29.5 Å². The van der Waals surface area contributed by atoms with Crippen LogP contribution in [0.2, 0.25) is 5.02 Å². The van der Waals surface area contributed by atoms with Gasteiger partial charge in [-0.25, -0.2) is 0 Å². The first kappa shape index (κ1) is 17.0. The van der Waals surface area contributed by atoms with E-state index in [4.69, 9.17) is 21.1 Å². The van der Waals surface area contributed by atoms with Crippen LogP contribution in [0.4, 0.5) is 5.69 Å². The van der Waals surface area contributed by atoms with E-state index in [2.05, 4.69) is 0 Å². The van der Waals surface area contributed by atoms with E-state index in [0.717, 1.165) is 21.9 Å². The van der Waals surface area contributed by atoms with Crippen LogP contribution < -0.4 is 14.4 Å². The summed E-state index contributed by atoms with van der Waals surface area (Å²) in [5, 5.41) is 0.639. The molecule has 0 saturated carbocycles. The molecule has 0 spiro atoms. The van der Waals surface area contributed by atoms with Gasteiger partial charge in [0.25, 0.3) is 0 Å². The van der Waals surface area contributed by atoms with Gasteiger partial charge in [0.1, 0.15) is 0 Å². The van der Waals surface area contributed by atoms with Crippen LogP contribution in [0.15, 0.2) is 41.3 Å². The number of halogens is 1. The number of hydrogen-bond acceptors (Lipinski definition) is 4. The first-order chi connectivity index (χ1) is 11.6. The molecule has 0 aromatic heterocycles. The van der Waals surface area contributed by atoms with E-state index in [1.165, 1.54) is 0 Å². The molecule has 0 N–H and O–H groups in total. The SMILES string of the molecule is COc1ccc(CC(=O)N2CCSc3ccc(Cl)cc32)cc1OC. The van der Waals surface area contributed by atoms with E-state index in [1.54, 1.807) is 26.0 Å². The molecule has 126 valence electrons. The van der Waals surface area contributed by atoms with Crippen molar-refractivity contribution in [1.82, 2.24) is 0 Å². The normalized spacial score (nSPS) is 13.4. The van der Waals surface area contributed by atoms with Crippen LogP contribution in [0.3, 0.4) is 0 Å². The van der Waals surface area contributed by atoms with Gasteiger partial charge in [0.15, 0.2) is 11.5 Å². The number of methoxy groups -OCH3 is 2. The third-order valence-electron chi connectivity index (χ3n) is 3.89. The number of nitrogens with zero attached hydrogens (tertiary/aromatic N) is 1. The van der Waals surface area contributed by atoms with Crippen LogP contribution in [-0.4, -0.2) is 32.4 Å². The van der Waals surface area contributed by atoms with E-state index in [9.17, 15) is 4.79 Å². The molecule has 6 heteroatoms. The molecule has 0 unspecified atom stereocenters. The van der Waals surface area contributed by atoms with Crippen LogP contribution in [-0.2, 0) is 11.2 Å². The summed E-state index contributed by atoms with van der Waals surface area (Å²) in [7, 11) is 3.18. The topological polar surface area (TPSA) is 38.8 Å². The van der Waals surface area contributed by atoms with Crippen molar-refractivity contribution in [1.29, 1.82) is 0 Å². The van der Waals surface area contributed by atoms with Gasteiger partial charge < -0.3 is 14.4 Å². The van der Waals surface area contributed by atoms with Crippen molar-refractivity contribution in [2.24, 2.45) is 0 Å². The third kappa shape index (κ3) is 3.47. The number of carbonyl (C=O) groups is 1. The molecular formula is C18H18ClNO3S. The molecule has 1 aliphatic heterocycles. The number of benzene rings is 2. The molecule has 2 aromatic carbocycles. The van der Waals surface area contributed by atoms with Gasteiger partial charge in [0, 0.05) is 22.2 Å². The van der Waals surface area contributed by atoms with Crippen LogP contribution in [0.5, 0.6) is 11.5 Å². The number of carbonyl (C=O) groups excluding carboxylic acids is 1. The Morgan fingerprint density at radius 2 is 1.96 bits per heavy atom. The number of hydrogen-bond donors (Lipinski definition) is 0. The summed E-state index contributed by atoms with van der Waals surface area (Å²) in [6, 6.07) is 11.2. The minimum Gasteiger partial charge on any atom is -0.493 e. The summed E-state index contributed by atoms with van der Waals surface area (Å²) < 4.78 is 10.5. The van der Waals surface area contributed by atoms with Gasteiger partial charge in [0.2, 0.25) is 5.91 Å². The Morgan fingerprint density at radius 3 is 2.71 bits per heavy atom. The maximum absolute atomic E-state index is 12.8. The van der Waals surface area contributed by atoms with Crippen LogP contribution in [0, 0.1) is 0 Å². The lowest BCUT2D eigenvalue weighted by Gasteiger charge is -2.29. The lowest BCUT2D eigenvalue weighted by molar-refractivity contribution is -0.118. The Morgan fingerprint density at radius 1 is 1.17 bits per heavy atom. The van der Waals surface area contributed by atoms with E-state index in [-0.39, 0.29) is 5.91 Å². The van der Waals surface area contributed by atoms with Crippen molar-refractivity contribution in [3.8, 4) is 11.5 Å². The fourth-order valence-corrected chi connectivity index (χ4v) is 3.85. The van der Waals surface area contributed by atoms with Gasteiger partial charge in [-0.15, -0.1) is 11.8 Å². The number of fused-ring (bicyclic) bond motifs is 1. The van der Waals surface area contributed by atoms with Gasteiger partial charge in [-0.1, -0.05) is 17.7 Å². The molecule has 4 nitrogen and oxygen atoms in total. The first-order valence-electron chi connectivity index (χ1n) is 7.56. The smallest absolute Gasteiger partial charge is 0.231 e. The Bertz CT molecular complexity index is 766. The van der Waals surface area contributed by atoms with Crippen molar-refractivity contribution < 1.29 is 14.3 Å². The quantitative estimate of drug-likeness (QED) is 0.821. The highest BCUT2D eigenvalue weighted by molar-refractivity contribution is 7.99. The molecule has 24 heavy (non-hydrogen) atoms. The minimum absolute atomic E-state index is 0.0473. The van der Waals surface area contributed by atoms with Crippen LogP contribution >= 0.6 is 23.4 Å². The highest BCUT2D eigenvalue weighted by Crippen LogP contribution is 2.37.